The molecule has 1 atom stereocenters. The fraction of sp³-hybridized carbons (Fsp3) is 0.300. The van der Waals surface area contributed by atoms with Gasteiger partial charge in [0.25, 0.3) is 0 Å². The van der Waals surface area contributed by atoms with Crippen molar-refractivity contribution >= 4 is 46.4 Å². The summed E-state index contributed by atoms with van der Waals surface area (Å²) in [5.41, 5.74) is 6.20. The number of anilines is 1. The average molecular weight is 280 g/mol. The van der Waals surface area contributed by atoms with Crippen LogP contribution in [0.3, 0.4) is 0 Å². The zero-order valence-corrected chi connectivity index (χ0v) is 10.5. The predicted molar refractivity (Wildman–Crippen MR) is 66.4 cm³/mol. The number of nitrogens with two attached hydrogens (primary N) is 1. The highest BCUT2D eigenvalue weighted by molar-refractivity contribution is 6.42. The molecule has 2 N–H and O–H groups in total. The number of carbonyl (C=O) groups excluding carboxylic acids is 1. The normalized spacial score (nSPS) is 20.6. The molecular weight excluding hydrogens is 270 g/mol. The molecule has 1 heterocycles. The largest absolute Gasteiger partial charge is 0.326 e. The minimum Gasteiger partial charge on any atom is -0.326 e. The lowest BCUT2D eigenvalue weighted by molar-refractivity contribution is -0.117. The van der Waals surface area contributed by atoms with Gasteiger partial charge in [0, 0.05) is 24.0 Å². The molecule has 6 heteroatoms. The standard InChI is InChI=1S/C10H9Cl3N2O/c11-5-1-7(12)10(8(13)2-5)15-4-6(14)3-9(15)16/h1-2,6H,3-4,14H2. The van der Waals surface area contributed by atoms with Gasteiger partial charge in [-0.1, -0.05) is 34.8 Å². The van der Waals surface area contributed by atoms with Gasteiger partial charge in [-0.15, -0.1) is 0 Å². The van der Waals surface area contributed by atoms with Gasteiger partial charge in [-0.3, -0.25) is 4.79 Å². The van der Waals surface area contributed by atoms with Crippen molar-refractivity contribution in [1.29, 1.82) is 0 Å². The Balaban J connectivity index is 2.44. The first-order valence-corrected chi connectivity index (χ1v) is 5.83. The Labute approximate surface area is 108 Å². The molecule has 1 fully saturated rings. The maximum Gasteiger partial charge on any atom is 0.228 e. The second-order valence-corrected chi connectivity index (χ2v) is 4.94. The van der Waals surface area contributed by atoms with E-state index >= 15 is 0 Å². The number of halogens is 3. The van der Waals surface area contributed by atoms with Crippen LogP contribution in [0.4, 0.5) is 5.69 Å². The second kappa shape index (κ2) is 4.41. The van der Waals surface area contributed by atoms with E-state index < -0.39 is 0 Å². The molecule has 0 saturated carbocycles. The van der Waals surface area contributed by atoms with Crippen molar-refractivity contribution < 1.29 is 4.79 Å². The molecule has 0 aromatic heterocycles. The molecule has 1 aromatic carbocycles. The van der Waals surface area contributed by atoms with Crippen LogP contribution in [0.25, 0.3) is 0 Å². The van der Waals surface area contributed by atoms with Crippen LogP contribution < -0.4 is 10.6 Å². The Morgan fingerprint density at radius 3 is 2.25 bits per heavy atom. The second-order valence-electron chi connectivity index (χ2n) is 3.69. The third-order valence-electron chi connectivity index (χ3n) is 2.41. The summed E-state index contributed by atoms with van der Waals surface area (Å²) in [6.45, 7) is 0.430. The molecule has 0 radical (unpaired) electrons. The van der Waals surface area contributed by atoms with Crippen molar-refractivity contribution in [2.75, 3.05) is 11.4 Å². The summed E-state index contributed by atoms with van der Waals surface area (Å²) >= 11 is 17.8. The van der Waals surface area contributed by atoms with E-state index in [9.17, 15) is 4.79 Å². The number of amides is 1. The van der Waals surface area contributed by atoms with Crippen LogP contribution >= 0.6 is 34.8 Å². The summed E-state index contributed by atoms with van der Waals surface area (Å²) in [6, 6.07) is 2.94. The lowest BCUT2D eigenvalue weighted by Crippen LogP contribution is -2.28. The Hall–Kier alpha value is -0.480. The van der Waals surface area contributed by atoms with E-state index in [1.807, 2.05) is 0 Å². The van der Waals surface area contributed by atoms with Gasteiger partial charge in [0.15, 0.2) is 0 Å². The summed E-state index contributed by atoms with van der Waals surface area (Å²) in [5, 5.41) is 1.16. The van der Waals surface area contributed by atoms with Gasteiger partial charge in [-0.2, -0.15) is 0 Å². The van der Waals surface area contributed by atoms with Gasteiger partial charge >= 0.3 is 0 Å². The van der Waals surface area contributed by atoms with Crippen LogP contribution in [0.5, 0.6) is 0 Å². The fourth-order valence-electron chi connectivity index (χ4n) is 1.74. The van der Waals surface area contributed by atoms with Crippen LogP contribution in [0.2, 0.25) is 15.1 Å². The summed E-state index contributed by atoms with van der Waals surface area (Å²) in [7, 11) is 0. The van der Waals surface area contributed by atoms with Gasteiger partial charge in [0.2, 0.25) is 5.91 Å². The van der Waals surface area contributed by atoms with Gasteiger partial charge in [0.05, 0.1) is 15.7 Å². The summed E-state index contributed by atoms with van der Waals surface area (Å²) in [6.07, 6.45) is 0.315. The van der Waals surface area contributed by atoms with E-state index in [2.05, 4.69) is 0 Å². The van der Waals surface area contributed by atoms with Crippen molar-refractivity contribution in [2.24, 2.45) is 5.73 Å². The van der Waals surface area contributed by atoms with Gasteiger partial charge in [-0.05, 0) is 12.1 Å². The number of nitrogens with zero attached hydrogens (tertiary/aromatic N) is 1. The Morgan fingerprint density at radius 1 is 1.25 bits per heavy atom. The molecule has 1 aromatic rings. The topological polar surface area (TPSA) is 46.3 Å². The molecule has 0 aliphatic carbocycles. The fourth-order valence-corrected chi connectivity index (χ4v) is 2.76. The van der Waals surface area contributed by atoms with Crippen molar-refractivity contribution in [3.63, 3.8) is 0 Å². The zero-order chi connectivity index (χ0) is 11.9. The third kappa shape index (κ3) is 2.13. The number of carbonyl (C=O) groups is 1. The number of hydrogen-bond acceptors (Lipinski definition) is 2. The van der Waals surface area contributed by atoms with Crippen molar-refractivity contribution in [3.8, 4) is 0 Å². The molecule has 0 spiro atoms. The maximum absolute atomic E-state index is 11.7. The molecule has 1 aliphatic heterocycles. The molecule has 1 aliphatic rings. The molecule has 1 unspecified atom stereocenters. The first-order valence-electron chi connectivity index (χ1n) is 4.69. The quantitative estimate of drug-likeness (QED) is 0.859. The highest BCUT2D eigenvalue weighted by Gasteiger charge is 2.30. The molecule has 1 amide bonds. The lowest BCUT2D eigenvalue weighted by Gasteiger charge is -2.19. The summed E-state index contributed by atoms with van der Waals surface area (Å²) < 4.78 is 0. The summed E-state index contributed by atoms with van der Waals surface area (Å²) in [4.78, 5) is 13.2. The smallest absolute Gasteiger partial charge is 0.228 e. The summed E-state index contributed by atoms with van der Waals surface area (Å²) in [5.74, 6) is -0.0707. The van der Waals surface area contributed by atoms with Crippen LogP contribution in [-0.2, 0) is 4.79 Å². The zero-order valence-electron chi connectivity index (χ0n) is 8.21. The monoisotopic (exact) mass is 278 g/mol. The first-order chi connectivity index (χ1) is 7.49. The van der Waals surface area contributed by atoms with Crippen molar-refractivity contribution in [3.05, 3.63) is 27.2 Å². The molecule has 1 saturated heterocycles. The molecule has 16 heavy (non-hydrogen) atoms. The van der Waals surface area contributed by atoms with E-state index in [1.54, 1.807) is 12.1 Å². The van der Waals surface area contributed by atoms with Crippen molar-refractivity contribution in [1.82, 2.24) is 0 Å². The Morgan fingerprint density at radius 2 is 1.81 bits per heavy atom. The number of rotatable bonds is 1. The van der Waals surface area contributed by atoms with Gasteiger partial charge < -0.3 is 10.6 Å². The lowest BCUT2D eigenvalue weighted by atomic mass is 10.3. The van der Waals surface area contributed by atoms with Crippen LogP contribution in [-0.4, -0.2) is 18.5 Å². The highest BCUT2D eigenvalue weighted by atomic mass is 35.5. The molecule has 0 bridgehead atoms. The molecule has 86 valence electrons. The minimum absolute atomic E-state index is 0.0707. The highest BCUT2D eigenvalue weighted by Crippen LogP contribution is 2.38. The number of benzene rings is 1. The minimum atomic E-state index is -0.171. The van der Waals surface area contributed by atoms with E-state index in [0.29, 0.717) is 33.7 Å². The molecule has 3 nitrogen and oxygen atoms in total. The molecule has 2 rings (SSSR count). The predicted octanol–water partition coefficient (Wildman–Crippen LogP) is 2.71. The van der Waals surface area contributed by atoms with E-state index in [-0.39, 0.29) is 11.9 Å². The van der Waals surface area contributed by atoms with Crippen LogP contribution in [0.1, 0.15) is 6.42 Å². The first kappa shape index (κ1) is 12.0. The van der Waals surface area contributed by atoms with Gasteiger partial charge in [0.1, 0.15) is 0 Å². The third-order valence-corrected chi connectivity index (χ3v) is 3.20. The van der Waals surface area contributed by atoms with E-state index in [4.69, 9.17) is 40.5 Å². The van der Waals surface area contributed by atoms with Gasteiger partial charge in [-0.25, -0.2) is 0 Å². The molecular formula is C10H9Cl3N2O. The van der Waals surface area contributed by atoms with Crippen LogP contribution in [0.15, 0.2) is 12.1 Å². The average Bonchev–Trinajstić information content (AvgIpc) is 2.43. The Kier molecular flexibility index (Phi) is 3.31. The number of hydrogen-bond donors (Lipinski definition) is 1. The van der Waals surface area contributed by atoms with E-state index in [0.717, 1.165) is 0 Å². The van der Waals surface area contributed by atoms with Crippen LogP contribution in [0, 0.1) is 0 Å². The Bertz CT molecular complexity index is 427. The van der Waals surface area contributed by atoms with E-state index in [1.165, 1.54) is 4.90 Å². The maximum atomic E-state index is 11.7. The SMILES string of the molecule is NC1CC(=O)N(c2c(Cl)cc(Cl)cc2Cl)C1. The van der Waals surface area contributed by atoms with Crippen molar-refractivity contribution in [2.45, 2.75) is 12.5 Å².